The van der Waals surface area contributed by atoms with Crippen LogP contribution in [-0.2, 0) is 4.79 Å². The van der Waals surface area contributed by atoms with Gasteiger partial charge in [0.15, 0.2) is 0 Å². The molecule has 1 heterocycles. The van der Waals surface area contributed by atoms with E-state index < -0.39 is 5.97 Å². The number of hydrogen-bond donors (Lipinski definition) is 1. The molecule has 148 valence electrons. The number of aromatic carboxylic acids is 1. The van der Waals surface area contributed by atoms with Crippen LogP contribution < -0.4 is 4.74 Å². The summed E-state index contributed by atoms with van der Waals surface area (Å²) in [5.74, 6) is 0.119. The first kappa shape index (κ1) is 19.9. The summed E-state index contributed by atoms with van der Waals surface area (Å²) in [6.45, 7) is 4.52. The summed E-state index contributed by atoms with van der Waals surface area (Å²) < 4.78 is 5.91. The molecule has 1 amide bonds. The maximum absolute atomic E-state index is 13.0. The minimum Gasteiger partial charge on any atom is -0.491 e. The molecule has 28 heavy (non-hydrogen) atoms. The lowest BCUT2D eigenvalue weighted by Gasteiger charge is -2.31. The van der Waals surface area contributed by atoms with Crippen LogP contribution in [0.15, 0.2) is 54.6 Å². The van der Waals surface area contributed by atoms with Crippen molar-refractivity contribution in [1.29, 1.82) is 0 Å². The highest BCUT2D eigenvalue weighted by Crippen LogP contribution is 2.37. The van der Waals surface area contributed by atoms with Gasteiger partial charge in [0.05, 0.1) is 17.6 Å². The number of carbonyl (C=O) groups is 2. The Morgan fingerprint density at radius 3 is 2.36 bits per heavy atom. The molecule has 5 nitrogen and oxygen atoms in total. The molecule has 1 aliphatic rings. The molecule has 0 spiro atoms. The van der Waals surface area contributed by atoms with Crippen molar-refractivity contribution in [3.63, 3.8) is 0 Å². The van der Waals surface area contributed by atoms with Crippen molar-refractivity contribution < 1.29 is 19.4 Å². The highest BCUT2D eigenvalue weighted by molar-refractivity contribution is 5.87. The SMILES string of the molecule is CC(C)CC(=O)N1C(COc2ccc(C(=O)O)cc2)CCC1c1ccccc1. The molecule has 2 unspecified atom stereocenters. The average molecular weight is 381 g/mol. The summed E-state index contributed by atoms with van der Waals surface area (Å²) in [7, 11) is 0. The van der Waals surface area contributed by atoms with Gasteiger partial charge in [-0.1, -0.05) is 44.2 Å². The molecule has 1 fully saturated rings. The smallest absolute Gasteiger partial charge is 0.335 e. The second-order valence-electron chi connectivity index (χ2n) is 7.70. The number of carboxylic acid groups (broad SMARTS) is 1. The van der Waals surface area contributed by atoms with E-state index in [0.29, 0.717) is 24.7 Å². The van der Waals surface area contributed by atoms with Crippen LogP contribution in [0.25, 0.3) is 0 Å². The van der Waals surface area contributed by atoms with Crippen molar-refractivity contribution in [2.24, 2.45) is 5.92 Å². The highest BCUT2D eigenvalue weighted by Gasteiger charge is 2.37. The van der Waals surface area contributed by atoms with Gasteiger partial charge in [0.2, 0.25) is 5.91 Å². The molecule has 2 aromatic carbocycles. The van der Waals surface area contributed by atoms with E-state index in [9.17, 15) is 9.59 Å². The molecular formula is C23H27NO4. The van der Waals surface area contributed by atoms with Crippen LogP contribution in [0.4, 0.5) is 0 Å². The van der Waals surface area contributed by atoms with Crippen LogP contribution in [0, 0.1) is 5.92 Å². The third kappa shape index (κ3) is 4.71. The summed E-state index contributed by atoms with van der Waals surface area (Å²) >= 11 is 0. The Hall–Kier alpha value is -2.82. The lowest BCUT2D eigenvalue weighted by molar-refractivity contribution is -0.135. The van der Waals surface area contributed by atoms with Gasteiger partial charge in [-0.05, 0) is 48.6 Å². The van der Waals surface area contributed by atoms with Crippen molar-refractivity contribution in [3.8, 4) is 5.75 Å². The van der Waals surface area contributed by atoms with E-state index in [0.717, 1.165) is 18.4 Å². The molecule has 0 saturated carbocycles. The van der Waals surface area contributed by atoms with Crippen LogP contribution in [0.3, 0.4) is 0 Å². The van der Waals surface area contributed by atoms with Gasteiger partial charge < -0.3 is 14.7 Å². The number of hydrogen-bond acceptors (Lipinski definition) is 3. The van der Waals surface area contributed by atoms with Crippen molar-refractivity contribution in [1.82, 2.24) is 4.90 Å². The third-order valence-electron chi connectivity index (χ3n) is 5.10. The molecule has 3 rings (SSSR count). The van der Waals surface area contributed by atoms with Crippen molar-refractivity contribution >= 4 is 11.9 Å². The van der Waals surface area contributed by atoms with Gasteiger partial charge in [-0.15, -0.1) is 0 Å². The Balaban J connectivity index is 1.73. The largest absolute Gasteiger partial charge is 0.491 e. The molecule has 5 heteroatoms. The lowest BCUT2D eigenvalue weighted by Crippen LogP contribution is -2.41. The molecule has 2 aromatic rings. The first-order chi connectivity index (χ1) is 13.5. The van der Waals surface area contributed by atoms with Crippen LogP contribution in [0.2, 0.25) is 0 Å². The maximum Gasteiger partial charge on any atom is 0.335 e. The molecule has 1 saturated heterocycles. The van der Waals surface area contributed by atoms with Gasteiger partial charge in [0.25, 0.3) is 0 Å². The van der Waals surface area contributed by atoms with Crippen molar-refractivity contribution in [2.45, 2.75) is 45.2 Å². The van der Waals surface area contributed by atoms with Crippen LogP contribution >= 0.6 is 0 Å². The number of rotatable bonds is 7. The van der Waals surface area contributed by atoms with Gasteiger partial charge in [0, 0.05) is 6.42 Å². The molecule has 1 aliphatic heterocycles. The van der Waals surface area contributed by atoms with Gasteiger partial charge in [-0.2, -0.15) is 0 Å². The summed E-state index contributed by atoms with van der Waals surface area (Å²) in [5, 5.41) is 9.00. The van der Waals surface area contributed by atoms with E-state index in [1.807, 2.05) is 23.1 Å². The fraction of sp³-hybridized carbons (Fsp3) is 0.391. The van der Waals surface area contributed by atoms with Gasteiger partial charge in [-0.25, -0.2) is 4.79 Å². The van der Waals surface area contributed by atoms with Gasteiger partial charge >= 0.3 is 5.97 Å². The van der Waals surface area contributed by atoms with E-state index in [4.69, 9.17) is 9.84 Å². The zero-order chi connectivity index (χ0) is 20.1. The minimum atomic E-state index is -0.960. The third-order valence-corrected chi connectivity index (χ3v) is 5.10. The Kier molecular flexibility index (Phi) is 6.34. The first-order valence-corrected chi connectivity index (χ1v) is 9.78. The van der Waals surface area contributed by atoms with Gasteiger partial charge in [0.1, 0.15) is 12.4 Å². The predicted octanol–water partition coefficient (Wildman–Crippen LogP) is 4.54. The predicted molar refractivity (Wildman–Crippen MR) is 107 cm³/mol. The monoisotopic (exact) mass is 381 g/mol. The Morgan fingerprint density at radius 1 is 1.07 bits per heavy atom. The van der Waals surface area contributed by atoms with E-state index in [1.165, 1.54) is 12.1 Å². The molecule has 0 aromatic heterocycles. The molecule has 2 atom stereocenters. The van der Waals surface area contributed by atoms with Crippen LogP contribution in [-0.4, -0.2) is 34.5 Å². The summed E-state index contributed by atoms with van der Waals surface area (Å²) in [5.41, 5.74) is 1.39. The first-order valence-electron chi connectivity index (χ1n) is 9.78. The van der Waals surface area contributed by atoms with Gasteiger partial charge in [-0.3, -0.25) is 4.79 Å². The Morgan fingerprint density at radius 2 is 1.75 bits per heavy atom. The number of benzene rings is 2. The van der Waals surface area contributed by atoms with Crippen molar-refractivity contribution in [3.05, 3.63) is 65.7 Å². The minimum absolute atomic E-state index is 0.00982. The topological polar surface area (TPSA) is 66.8 Å². The van der Waals surface area contributed by atoms with E-state index in [2.05, 4.69) is 26.0 Å². The molecular weight excluding hydrogens is 354 g/mol. The maximum atomic E-state index is 13.0. The average Bonchev–Trinajstić information content (AvgIpc) is 3.11. The van der Waals surface area contributed by atoms with E-state index >= 15 is 0 Å². The summed E-state index contributed by atoms with van der Waals surface area (Å²) in [4.78, 5) is 26.0. The van der Waals surface area contributed by atoms with Crippen LogP contribution in [0.5, 0.6) is 5.75 Å². The number of amides is 1. The zero-order valence-electron chi connectivity index (χ0n) is 16.4. The Labute approximate surface area is 165 Å². The number of ether oxygens (including phenoxy) is 1. The fourth-order valence-corrected chi connectivity index (χ4v) is 3.77. The number of likely N-dealkylation sites (tertiary alicyclic amines) is 1. The van der Waals surface area contributed by atoms with E-state index in [-0.39, 0.29) is 23.6 Å². The molecule has 0 radical (unpaired) electrons. The van der Waals surface area contributed by atoms with E-state index in [1.54, 1.807) is 12.1 Å². The highest BCUT2D eigenvalue weighted by atomic mass is 16.5. The molecule has 0 aliphatic carbocycles. The molecule has 1 N–H and O–H groups in total. The normalized spacial score (nSPS) is 19.0. The summed E-state index contributed by atoms with van der Waals surface area (Å²) in [6.07, 6.45) is 2.32. The Bertz CT molecular complexity index is 801. The van der Waals surface area contributed by atoms with Crippen LogP contribution in [0.1, 0.15) is 55.1 Å². The number of carboxylic acids is 1. The number of carbonyl (C=O) groups excluding carboxylic acids is 1. The molecule has 0 bridgehead atoms. The number of nitrogens with zero attached hydrogens (tertiary/aromatic N) is 1. The second-order valence-corrected chi connectivity index (χ2v) is 7.70. The lowest BCUT2D eigenvalue weighted by atomic mass is 10.0. The quantitative estimate of drug-likeness (QED) is 0.764. The summed E-state index contributed by atoms with van der Waals surface area (Å²) in [6, 6.07) is 16.6. The van der Waals surface area contributed by atoms with Crippen molar-refractivity contribution in [2.75, 3.05) is 6.61 Å². The second kappa shape index (κ2) is 8.91. The fourth-order valence-electron chi connectivity index (χ4n) is 3.77. The standard InChI is InChI=1S/C23H27NO4/c1-16(2)14-22(25)24-19(10-13-21(24)17-6-4-3-5-7-17)15-28-20-11-8-18(9-12-20)23(26)27/h3-9,11-12,16,19,21H,10,13-15H2,1-2H3,(H,26,27). The zero-order valence-corrected chi connectivity index (χ0v) is 16.4.